The third-order valence-electron chi connectivity index (χ3n) is 1.88. The Kier molecular flexibility index (Phi) is 7.16. The van der Waals surface area contributed by atoms with E-state index in [-0.39, 0.29) is 21.8 Å². The van der Waals surface area contributed by atoms with E-state index in [0.29, 0.717) is 11.5 Å². The van der Waals surface area contributed by atoms with Crippen LogP contribution >= 0.6 is 32.9 Å². The second-order valence-electron chi connectivity index (χ2n) is 3.54. The van der Waals surface area contributed by atoms with Gasteiger partial charge in [0.1, 0.15) is 11.5 Å². The number of carbonyl (C=O) groups excluding carboxylic acids is 2. The van der Waals surface area contributed by atoms with Gasteiger partial charge in [-0.2, -0.15) is 0 Å². The lowest BCUT2D eigenvalue weighted by Crippen LogP contribution is -2.05. The van der Waals surface area contributed by atoms with Crippen molar-refractivity contribution in [3.05, 3.63) is 23.8 Å². The van der Waals surface area contributed by atoms with E-state index in [1.807, 2.05) is 6.92 Å². The van der Waals surface area contributed by atoms with Crippen LogP contribution in [-0.2, 0) is 9.59 Å². The minimum atomic E-state index is -0.418. The highest BCUT2D eigenvalue weighted by Crippen LogP contribution is 2.30. The van der Waals surface area contributed by atoms with Crippen LogP contribution in [0.5, 0.6) is 11.5 Å². The zero-order valence-corrected chi connectivity index (χ0v) is 13.5. The first-order chi connectivity index (χ1) is 7.88. The van der Waals surface area contributed by atoms with Crippen LogP contribution in [0, 0.1) is 0 Å². The van der Waals surface area contributed by atoms with Crippen molar-refractivity contribution in [2.24, 2.45) is 0 Å². The number of alkyl halides is 1. The van der Waals surface area contributed by atoms with Crippen LogP contribution in [0.25, 0.3) is 0 Å². The van der Waals surface area contributed by atoms with Crippen LogP contribution in [0.1, 0.15) is 31.2 Å². The van der Waals surface area contributed by atoms with Gasteiger partial charge in [0.05, 0.1) is 0 Å². The molecule has 0 saturated carbocycles. The second-order valence-corrected chi connectivity index (χ2v) is 4.91. The highest BCUT2D eigenvalue weighted by molar-refractivity contribution is 9.09. The van der Waals surface area contributed by atoms with Crippen LogP contribution in [0.3, 0.4) is 0 Å². The quantitative estimate of drug-likeness (QED) is 0.456. The van der Waals surface area contributed by atoms with Crippen LogP contribution in [0.4, 0.5) is 0 Å². The van der Waals surface area contributed by atoms with Crippen LogP contribution < -0.4 is 9.47 Å². The van der Waals surface area contributed by atoms with Crippen molar-refractivity contribution in [2.45, 2.75) is 25.6 Å². The van der Waals surface area contributed by atoms with E-state index in [2.05, 4.69) is 15.9 Å². The van der Waals surface area contributed by atoms with E-state index in [9.17, 15) is 9.59 Å². The average Bonchev–Trinajstić information content (AvgIpc) is 2.14. The van der Waals surface area contributed by atoms with E-state index in [1.165, 1.54) is 19.9 Å². The number of benzene rings is 1. The summed E-state index contributed by atoms with van der Waals surface area (Å²) < 4.78 is 9.95. The van der Waals surface area contributed by atoms with E-state index in [4.69, 9.17) is 9.47 Å². The first-order valence-corrected chi connectivity index (χ1v) is 5.96. The Bertz CT molecular complexity index is 409. The molecule has 100 valence electrons. The summed E-state index contributed by atoms with van der Waals surface area (Å²) in [6.07, 6.45) is 0. The molecule has 0 heterocycles. The SMILES string of the molecule is Br.CC(=O)Oc1cc(OC(C)=O)cc(C(C)Br)c1. The van der Waals surface area contributed by atoms with E-state index < -0.39 is 11.9 Å². The molecule has 0 aliphatic rings. The van der Waals surface area contributed by atoms with Crippen LogP contribution in [-0.4, -0.2) is 11.9 Å². The molecule has 0 aromatic heterocycles. The molecule has 6 heteroatoms. The third-order valence-corrected chi connectivity index (χ3v) is 2.41. The molecule has 1 aromatic rings. The van der Waals surface area contributed by atoms with Gasteiger partial charge in [-0.3, -0.25) is 9.59 Å². The largest absolute Gasteiger partial charge is 0.427 e. The summed E-state index contributed by atoms with van der Waals surface area (Å²) >= 11 is 3.40. The molecule has 18 heavy (non-hydrogen) atoms. The van der Waals surface area contributed by atoms with Gasteiger partial charge in [-0.25, -0.2) is 0 Å². The fourth-order valence-corrected chi connectivity index (χ4v) is 1.54. The summed E-state index contributed by atoms with van der Waals surface area (Å²) in [6, 6.07) is 4.93. The summed E-state index contributed by atoms with van der Waals surface area (Å²) in [7, 11) is 0. The zero-order valence-electron chi connectivity index (χ0n) is 10.2. The molecule has 0 radical (unpaired) electrons. The standard InChI is InChI=1S/C12H13BrO4.BrH/c1-7(13)10-4-11(16-8(2)14)6-12(5-10)17-9(3)15;/h4-7H,1-3H3;1H. The number of hydrogen-bond acceptors (Lipinski definition) is 4. The van der Waals surface area contributed by atoms with Crippen molar-refractivity contribution < 1.29 is 19.1 Å². The van der Waals surface area contributed by atoms with Gasteiger partial charge in [0.2, 0.25) is 0 Å². The Hall–Kier alpha value is -0.880. The van der Waals surface area contributed by atoms with Gasteiger partial charge >= 0.3 is 11.9 Å². The maximum atomic E-state index is 10.9. The smallest absolute Gasteiger partial charge is 0.308 e. The summed E-state index contributed by atoms with van der Waals surface area (Å²) in [5.74, 6) is -0.119. The first-order valence-electron chi connectivity index (χ1n) is 5.04. The fourth-order valence-electron chi connectivity index (χ4n) is 1.27. The lowest BCUT2D eigenvalue weighted by Gasteiger charge is -2.10. The van der Waals surface area contributed by atoms with E-state index in [0.717, 1.165) is 5.56 Å². The van der Waals surface area contributed by atoms with Crippen molar-refractivity contribution >= 4 is 44.9 Å². The molecule has 0 aliphatic carbocycles. The van der Waals surface area contributed by atoms with Gasteiger partial charge in [-0.1, -0.05) is 15.9 Å². The molecule has 0 amide bonds. The predicted octanol–water partition coefficient (Wildman–Crippen LogP) is 3.57. The molecular formula is C12H14Br2O4. The fraction of sp³-hybridized carbons (Fsp3) is 0.333. The van der Waals surface area contributed by atoms with Crippen molar-refractivity contribution in [3.8, 4) is 11.5 Å². The monoisotopic (exact) mass is 380 g/mol. The second kappa shape index (κ2) is 7.53. The lowest BCUT2D eigenvalue weighted by atomic mass is 10.1. The number of ether oxygens (including phenoxy) is 2. The molecular weight excluding hydrogens is 368 g/mol. The highest BCUT2D eigenvalue weighted by atomic mass is 79.9. The third kappa shape index (κ3) is 5.64. The molecule has 0 bridgehead atoms. The molecule has 1 atom stereocenters. The Morgan fingerprint density at radius 2 is 1.44 bits per heavy atom. The van der Waals surface area contributed by atoms with Crippen molar-refractivity contribution in [1.29, 1.82) is 0 Å². The maximum Gasteiger partial charge on any atom is 0.308 e. The number of hydrogen-bond donors (Lipinski definition) is 0. The average molecular weight is 382 g/mol. The molecule has 4 nitrogen and oxygen atoms in total. The van der Waals surface area contributed by atoms with Gasteiger partial charge < -0.3 is 9.47 Å². The van der Waals surface area contributed by atoms with Crippen LogP contribution in [0.2, 0.25) is 0 Å². The Balaban J connectivity index is 0.00000289. The van der Waals surface area contributed by atoms with Crippen molar-refractivity contribution in [3.63, 3.8) is 0 Å². The molecule has 0 fully saturated rings. The molecule has 0 spiro atoms. The summed E-state index contributed by atoms with van der Waals surface area (Å²) in [6.45, 7) is 4.55. The highest BCUT2D eigenvalue weighted by Gasteiger charge is 2.09. The van der Waals surface area contributed by atoms with E-state index in [1.54, 1.807) is 12.1 Å². The van der Waals surface area contributed by atoms with Gasteiger partial charge in [0.25, 0.3) is 0 Å². The van der Waals surface area contributed by atoms with Gasteiger partial charge in [0.15, 0.2) is 0 Å². The molecule has 0 aliphatic heterocycles. The van der Waals surface area contributed by atoms with Gasteiger partial charge in [0, 0.05) is 24.7 Å². The van der Waals surface area contributed by atoms with Gasteiger partial charge in [-0.05, 0) is 24.6 Å². The molecule has 1 unspecified atom stereocenters. The topological polar surface area (TPSA) is 52.6 Å². The number of halogens is 2. The normalized spacial score (nSPS) is 11.1. The van der Waals surface area contributed by atoms with Crippen LogP contribution in [0.15, 0.2) is 18.2 Å². The summed E-state index contributed by atoms with van der Waals surface area (Å²) in [5, 5.41) is 0. The minimum absolute atomic E-state index is 0. The van der Waals surface area contributed by atoms with Gasteiger partial charge in [-0.15, -0.1) is 17.0 Å². The minimum Gasteiger partial charge on any atom is -0.427 e. The Morgan fingerprint density at radius 3 is 1.72 bits per heavy atom. The molecule has 0 N–H and O–H groups in total. The number of carbonyl (C=O) groups is 2. The molecule has 1 aromatic carbocycles. The Morgan fingerprint density at radius 1 is 1.06 bits per heavy atom. The number of rotatable bonds is 3. The van der Waals surface area contributed by atoms with Crippen molar-refractivity contribution in [2.75, 3.05) is 0 Å². The molecule has 1 rings (SSSR count). The Labute approximate surface area is 125 Å². The molecule has 0 saturated heterocycles. The lowest BCUT2D eigenvalue weighted by molar-refractivity contribution is -0.132. The van der Waals surface area contributed by atoms with E-state index >= 15 is 0 Å². The zero-order chi connectivity index (χ0) is 13.0. The summed E-state index contributed by atoms with van der Waals surface area (Å²) in [5.41, 5.74) is 0.861. The predicted molar refractivity (Wildman–Crippen MR) is 76.7 cm³/mol. The number of esters is 2. The van der Waals surface area contributed by atoms with Crippen molar-refractivity contribution in [1.82, 2.24) is 0 Å². The first kappa shape index (κ1) is 17.1. The maximum absolute atomic E-state index is 10.9. The summed E-state index contributed by atoms with van der Waals surface area (Å²) in [4.78, 5) is 21.8.